The molecule has 7 nitrogen and oxygen atoms in total. The van der Waals surface area contributed by atoms with E-state index in [2.05, 4.69) is 10.3 Å². The Morgan fingerprint density at radius 1 is 1.27 bits per heavy atom. The van der Waals surface area contributed by atoms with Crippen LogP contribution in [0.4, 0.5) is 5.69 Å². The third-order valence-corrected chi connectivity index (χ3v) is 5.06. The lowest BCUT2D eigenvalue weighted by Crippen LogP contribution is -2.37. The van der Waals surface area contributed by atoms with Gasteiger partial charge >= 0.3 is 0 Å². The van der Waals surface area contributed by atoms with Crippen LogP contribution in [0.25, 0.3) is 0 Å². The van der Waals surface area contributed by atoms with Gasteiger partial charge in [0, 0.05) is 31.2 Å². The van der Waals surface area contributed by atoms with Crippen LogP contribution in [0.15, 0.2) is 60.6 Å². The van der Waals surface area contributed by atoms with E-state index in [0.29, 0.717) is 25.1 Å². The number of ether oxygens (including phenoxy) is 3. The minimum atomic E-state index is -0.590. The quantitative estimate of drug-likeness (QED) is 0.655. The summed E-state index contributed by atoms with van der Waals surface area (Å²) in [5.74, 6) is 0.464. The fraction of sp³-hybridized carbons (Fsp3) is 0.391. The van der Waals surface area contributed by atoms with Gasteiger partial charge in [-0.1, -0.05) is 12.1 Å². The average molecular weight is 412 g/mol. The van der Waals surface area contributed by atoms with Gasteiger partial charge in [0.25, 0.3) is 5.91 Å². The number of hydrogen-bond donors (Lipinski definition) is 2. The van der Waals surface area contributed by atoms with E-state index in [1.54, 1.807) is 31.6 Å². The van der Waals surface area contributed by atoms with E-state index in [1.807, 2.05) is 37.3 Å². The first kappa shape index (κ1) is 21.8. The van der Waals surface area contributed by atoms with E-state index in [1.165, 1.54) is 0 Å². The molecule has 0 saturated heterocycles. The number of hydrogen-bond acceptors (Lipinski definition) is 6. The molecule has 7 heteroatoms. The number of aliphatic hydroxyl groups excluding tert-OH is 1. The van der Waals surface area contributed by atoms with Crippen molar-refractivity contribution in [2.24, 2.45) is 5.92 Å². The van der Waals surface area contributed by atoms with Gasteiger partial charge in [-0.3, -0.25) is 9.78 Å². The Kier molecular flexibility index (Phi) is 7.82. The van der Waals surface area contributed by atoms with Gasteiger partial charge in [-0.25, -0.2) is 0 Å². The Hall–Kier alpha value is -2.90. The van der Waals surface area contributed by atoms with E-state index in [9.17, 15) is 9.90 Å². The molecule has 0 fully saturated rings. The molecular formula is C23H28N2O5. The highest BCUT2D eigenvalue weighted by Gasteiger charge is 2.37. The lowest BCUT2D eigenvalue weighted by molar-refractivity contribution is -0.165. The summed E-state index contributed by atoms with van der Waals surface area (Å²) < 4.78 is 17.1. The normalized spacial score (nSPS) is 20.8. The number of aliphatic hydroxyl groups is 1. The molecule has 1 aromatic heterocycles. The Balaban J connectivity index is 1.92. The van der Waals surface area contributed by atoms with Crippen LogP contribution in [0.3, 0.4) is 0 Å². The molecule has 0 unspecified atom stereocenters. The van der Waals surface area contributed by atoms with Crippen LogP contribution in [0.5, 0.6) is 5.75 Å². The standard InChI is InChI=1S/C23H28N2O5/c1-3-29-23-19(7-5-13-26)20(16-8-10-18(28-2)11-9-16)14-21(30-23)22(27)25-17-6-4-12-24-15-17/h4,6,8-12,14-15,19-20,23,26H,3,5,7,13H2,1-2H3,(H,25,27)/t19-,20-,23-/m1/s1. The van der Waals surface area contributed by atoms with Crippen LogP contribution in [0.1, 0.15) is 31.2 Å². The molecule has 2 N–H and O–H groups in total. The van der Waals surface area contributed by atoms with E-state index in [0.717, 1.165) is 11.3 Å². The highest BCUT2D eigenvalue weighted by molar-refractivity contribution is 6.02. The van der Waals surface area contributed by atoms with Gasteiger partial charge in [0.2, 0.25) is 6.29 Å². The lowest BCUT2D eigenvalue weighted by Gasteiger charge is -2.37. The molecule has 0 saturated carbocycles. The molecule has 3 atom stereocenters. The summed E-state index contributed by atoms with van der Waals surface area (Å²) in [4.78, 5) is 16.9. The molecule has 1 aromatic carbocycles. The number of nitrogens with zero attached hydrogens (tertiary/aromatic N) is 1. The SMILES string of the molecule is CCO[C@@H]1OC(C(=O)Nc2cccnc2)=C[C@H](c2ccc(OC)cc2)[C@H]1CCCO. The molecule has 2 aromatic rings. The van der Waals surface area contributed by atoms with Crippen LogP contribution >= 0.6 is 0 Å². The first-order valence-corrected chi connectivity index (χ1v) is 10.1. The van der Waals surface area contributed by atoms with Crippen molar-refractivity contribution in [2.75, 3.05) is 25.6 Å². The topological polar surface area (TPSA) is 89.9 Å². The molecule has 1 aliphatic rings. The molecule has 160 valence electrons. The number of nitrogens with one attached hydrogen (secondary N) is 1. The molecule has 1 aliphatic heterocycles. The van der Waals surface area contributed by atoms with Crippen molar-refractivity contribution < 1.29 is 24.1 Å². The number of carbonyl (C=O) groups is 1. The molecule has 0 bridgehead atoms. The number of aromatic nitrogens is 1. The second-order valence-electron chi connectivity index (χ2n) is 7.00. The van der Waals surface area contributed by atoms with Crippen molar-refractivity contribution in [3.8, 4) is 5.75 Å². The van der Waals surface area contributed by atoms with Gasteiger partial charge < -0.3 is 24.6 Å². The van der Waals surface area contributed by atoms with Crippen molar-refractivity contribution in [3.05, 3.63) is 66.2 Å². The van der Waals surface area contributed by atoms with Gasteiger partial charge in [-0.05, 0) is 55.7 Å². The van der Waals surface area contributed by atoms with Crippen molar-refractivity contribution >= 4 is 11.6 Å². The summed E-state index contributed by atoms with van der Waals surface area (Å²) in [6.07, 6.45) is 5.79. The predicted octanol–water partition coefficient (Wildman–Crippen LogP) is 3.48. The van der Waals surface area contributed by atoms with Gasteiger partial charge in [0.15, 0.2) is 5.76 Å². The molecule has 3 rings (SSSR count). The number of amides is 1. The van der Waals surface area contributed by atoms with E-state index < -0.39 is 6.29 Å². The maximum atomic E-state index is 12.9. The largest absolute Gasteiger partial charge is 0.497 e. The fourth-order valence-corrected chi connectivity index (χ4v) is 3.60. The Morgan fingerprint density at radius 2 is 2.07 bits per heavy atom. The molecule has 1 amide bonds. The third-order valence-electron chi connectivity index (χ3n) is 5.06. The van der Waals surface area contributed by atoms with Crippen LogP contribution < -0.4 is 10.1 Å². The van der Waals surface area contributed by atoms with Crippen molar-refractivity contribution in [2.45, 2.75) is 32.0 Å². The zero-order valence-electron chi connectivity index (χ0n) is 17.3. The molecule has 0 radical (unpaired) electrons. The van der Waals surface area contributed by atoms with Crippen molar-refractivity contribution in [1.82, 2.24) is 4.98 Å². The number of carbonyl (C=O) groups excluding carboxylic acids is 1. The zero-order chi connectivity index (χ0) is 21.3. The van der Waals surface area contributed by atoms with Crippen molar-refractivity contribution in [1.29, 1.82) is 0 Å². The summed E-state index contributed by atoms with van der Waals surface area (Å²) in [5.41, 5.74) is 1.61. The summed E-state index contributed by atoms with van der Waals surface area (Å²) in [6, 6.07) is 11.3. The van der Waals surface area contributed by atoms with Gasteiger partial charge in [0.1, 0.15) is 5.75 Å². The smallest absolute Gasteiger partial charge is 0.290 e. The maximum absolute atomic E-state index is 12.9. The van der Waals surface area contributed by atoms with Crippen LogP contribution in [-0.2, 0) is 14.3 Å². The Labute approximate surface area is 176 Å². The molecule has 2 heterocycles. The van der Waals surface area contributed by atoms with E-state index in [-0.39, 0.29) is 30.1 Å². The second kappa shape index (κ2) is 10.8. The van der Waals surface area contributed by atoms with Gasteiger partial charge in [-0.15, -0.1) is 0 Å². The minimum Gasteiger partial charge on any atom is -0.497 e. The monoisotopic (exact) mass is 412 g/mol. The number of methoxy groups -OCH3 is 1. The van der Waals surface area contributed by atoms with E-state index in [4.69, 9.17) is 14.2 Å². The summed E-state index contributed by atoms with van der Waals surface area (Å²) in [6.45, 7) is 2.43. The Bertz CT molecular complexity index is 838. The fourth-order valence-electron chi connectivity index (χ4n) is 3.60. The highest BCUT2D eigenvalue weighted by atomic mass is 16.7. The minimum absolute atomic E-state index is 0.0413. The van der Waals surface area contributed by atoms with E-state index >= 15 is 0 Å². The number of pyridine rings is 1. The molecule has 30 heavy (non-hydrogen) atoms. The number of anilines is 1. The van der Waals surface area contributed by atoms with Crippen LogP contribution in [0.2, 0.25) is 0 Å². The number of allylic oxidation sites excluding steroid dienone is 1. The molecule has 0 aliphatic carbocycles. The van der Waals surface area contributed by atoms with Crippen molar-refractivity contribution in [3.63, 3.8) is 0 Å². The van der Waals surface area contributed by atoms with Crippen LogP contribution in [0, 0.1) is 5.92 Å². The third kappa shape index (κ3) is 5.37. The summed E-state index contributed by atoms with van der Waals surface area (Å²) in [5, 5.41) is 12.2. The van der Waals surface area contributed by atoms with Gasteiger partial charge in [-0.2, -0.15) is 0 Å². The lowest BCUT2D eigenvalue weighted by atomic mass is 9.80. The van der Waals surface area contributed by atoms with Crippen LogP contribution in [-0.4, -0.2) is 42.6 Å². The predicted molar refractivity (Wildman–Crippen MR) is 113 cm³/mol. The summed E-state index contributed by atoms with van der Waals surface area (Å²) >= 11 is 0. The molecule has 0 spiro atoms. The Morgan fingerprint density at radius 3 is 2.70 bits per heavy atom. The maximum Gasteiger partial charge on any atom is 0.290 e. The average Bonchev–Trinajstić information content (AvgIpc) is 2.78. The number of rotatable bonds is 9. The first-order valence-electron chi connectivity index (χ1n) is 10.1. The first-order chi connectivity index (χ1) is 14.7. The summed E-state index contributed by atoms with van der Waals surface area (Å²) in [7, 11) is 1.62. The second-order valence-corrected chi connectivity index (χ2v) is 7.00. The van der Waals surface area contributed by atoms with Gasteiger partial charge in [0.05, 0.1) is 19.0 Å². The zero-order valence-corrected chi connectivity index (χ0v) is 17.3. The molecular weight excluding hydrogens is 384 g/mol. The highest BCUT2D eigenvalue weighted by Crippen LogP contribution is 2.40. The number of benzene rings is 1.